The highest BCUT2D eigenvalue weighted by atomic mass is 19.4. The maximum absolute atomic E-state index is 12.0. The maximum Gasteiger partial charge on any atom is 0.409 e. The summed E-state index contributed by atoms with van der Waals surface area (Å²) in [4.78, 5) is 26.2. The van der Waals surface area contributed by atoms with Gasteiger partial charge in [0.25, 0.3) is 0 Å². The van der Waals surface area contributed by atoms with Gasteiger partial charge >= 0.3 is 11.9 Å². The first kappa shape index (κ1) is 75.2. The number of nitrogens with one attached hydrogen (secondary N) is 1. The summed E-state index contributed by atoms with van der Waals surface area (Å²) in [5.74, 6) is 1.08. The molecule has 382 valence electrons. The molecule has 2 aromatic rings. The minimum absolute atomic E-state index is 0.0260. The molecule has 2 N–H and O–H groups in total. The van der Waals surface area contributed by atoms with Crippen molar-refractivity contribution < 1.29 is 23.1 Å². The number of aldehydes is 1. The lowest BCUT2D eigenvalue weighted by Gasteiger charge is -2.26. The number of rotatable bonds is 13. The summed E-state index contributed by atoms with van der Waals surface area (Å²) in [6.45, 7) is 40.8. The Morgan fingerprint density at radius 3 is 1.50 bits per heavy atom. The van der Waals surface area contributed by atoms with Gasteiger partial charge < -0.3 is 19.8 Å². The normalized spacial score (nSPS) is 12.5. The lowest BCUT2D eigenvalue weighted by atomic mass is 10.00. The molecule has 1 aromatic heterocycles. The number of carbonyl (C=O) groups is 1. The molecule has 0 unspecified atom stereocenters. The second kappa shape index (κ2) is 57.9. The molecular formula is C55H108F3N3O3. The molecule has 0 amide bonds. The molecule has 64 heavy (non-hydrogen) atoms. The molecule has 6 nitrogen and oxygen atoms in total. The lowest BCUT2D eigenvalue weighted by molar-refractivity contribution is -0.106. The summed E-state index contributed by atoms with van der Waals surface area (Å²) in [7, 11) is 2.20. The lowest BCUT2D eigenvalue weighted by Crippen LogP contribution is -2.28. The van der Waals surface area contributed by atoms with Gasteiger partial charge in [-0.1, -0.05) is 211 Å². The van der Waals surface area contributed by atoms with Crippen molar-refractivity contribution in [2.75, 3.05) is 20.1 Å². The van der Waals surface area contributed by atoms with Crippen LogP contribution in [0.25, 0.3) is 11.0 Å². The Bertz CT molecular complexity index is 1320. The standard InChI is InChI=1S/C14H20N2O.C10H13F3O.C7H15N.C7H16.2C4H10.C3H8.C2H4O.2C2H6/c1-3-7-11(8-4-2)16-13-10-6-5-9-12(13)15-14(16)17;1-7(4-5-10(11,12)13)6-8(2)9(3)14;1-7-3-5-8(2)6-4-7;1-3-5-7-6-4-2;2*1-3-4-2;1-3-2;1-2-3;2*1-2/h5-6,9-11H,3-4,7-8H2,1-2H3,(H,15,17);4-6,14H,1-3H3;7H,3-6H2,1-2H3;3-7H2,1-2H3;2*3-4H2,1-2H3;3H2,1-2H3;2H,1H3;2*1-2H3/b;5-4+,7-6-,9-8+;;;;;;;;. The number of H-pyrrole nitrogens is 1. The van der Waals surface area contributed by atoms with Crippen molar-refractivity contribution in [1.82, 2.24) is 14.5 Å². The highest BCUT2D eigenvalue weighted by molar-refractivity contribution is 5.75. The number of piperidine rings is 1. The zero-order valence-electron chi connectivity index (χ0n) is 45.8. The minimum atomic E-state index is -4.29. The molecule has 0 bridgehead atoms. The molecule has 1 aliphatic rings. The summed E-state index contributed by atoms with van der Waals surface area (Å²) in [5, 5.41) is 8.99. The first-order chi connectivity index (χ1) is 30.4. The first-order valence-corrected chi connectivity index (χ1v) is 25.4. The number of carbonyl (C=O) groups excluding carboxylic acids is 1. The molecule has 0 radical (unpaired) electrons. The first-order valence-electron chi connectivity index (χ1n) is 25.4. The van der Waals surface area contributed by atoms with E-state index in [9.17, 15) is 18.0 Å². The van der Waals surface area contributed by atoms with Crippen LogP contribution >= 0.6 is 0 Å². The fourth-order valence-corrected chi connectivity index (χ4v) is 5.04. The van der Waals surface area contributed by atoms with Crippen LogP contribution in [-0.2, 0) is 4.79 Å². The predicted molar refractivity (Wildman–Crippen MR) is 283 cm³/mol. The average Bonchev–Trinajstić information content (AvgIpc) is 3.62. The van der Waals surface area contributed by atoms with Gasteiger partial charge in [-0.05, 0) is 97.1 Å². The third kappa shape index (κ3) is 55.1. The van der Waals surface area contributed by atoms with E-state index < -0.39 is 6.18 Å². The Hall–Kier alpha value is -3.07. The van der Waals surface area contributed by atoms with Crippen LogP contribution in [0.5, 0.6) is 0 Å². The van der Waals surface area contributed by atoms with E-state index >= 15 is 0 Å². The van der Waals surface area contributed by atoms with Crippen LogP contribution in [0.3, 0.4) is 0 Å². The summed E-state index contributed by atoms with van der Waals surface area (Å²) in [6.07, 6.45) is 19.8. The number of hydrogen-bond donors (Lipinski definition) is 2. The molecule has 9 heteroatoms. The van der Waals surface area contributed by atoms with Gasteiger partial charge in [0.05, 0.1) is 16.8 Å². The van der Waals surface area contributed by atoms with Gasteiger partial charge in [0.2, 0.25) is 0 Å². The molecule has 1 aromatic carbocycles. The van der Waals surface area contributed by atoms with Crippen LogP contribution in [0.15, 0.2) is 64.2 Å². The molecule has 1 saturated heterocycles. The van der Waals surface area contributed by atoms with Gasteiger partial charge in [0.1, 0.15) is 6.29 Å². The highest BCUT2D eigenvalue weighted by Crippen LogP contribution is 2.23. The van der Waals surface area contributed by atoms with Crippen LogP contribution in [0, 0.1) is 5.92 Å². The van der Waals surface area contributed by atoms with Gasteiger partial charge in [0.15, 0.2) is 0 Å². The molecule has 1 fully saturated rings. The van der Waals surface area contributed by atoms with Crippen molar-refractivity contribution in [1.29, 1.82) is 0 Å². The summed E-state index contributed by atoms with van der Waals surface area (Å²) in [6, 6.07) is 8.25. The quantitative estimate of drug-likeness (QED) is 0.0908. The van der Waals surface area contributed by atoms with E-state index in [0.717, 1.165) is 55.0 Å². The van der Waals surface area contributed by atoms with E-state index in [1.807, 2.05) is 56.5 Å². The second-order valence-electron chi connectivity index (χ2n) is 15.6. The number of alkyl halides is 3. The number of halogens is 3. The van der Waals surface area contributed by atoms with Crippen LogP contribution in [0.1, 0.15) is 240 Å². The number of likely N-dealkylation sites (tertiary alicyclic amines) is 1. The fourth-order valence-electron chi connectivity index (χ4n) is 5.04. The number of aromatic amines is 1. The Morgan fingerprint density at radius 1 is 0.766 bits per heavy atom. The van der Waals surface area contributed by atoms with Gasteiger partial charge in [-0.2, -0.15) is 13.2 Å². The highest BCUT2D eigenvalue weighted by Gasteiger charge is 2.21. The van der Waals surface area contributed by atoms with E-state index in [0.29, 0.717) is 17.2 Å². The number of nitrogens with zero attached hydrogens (tertiary/aromatic N) is 2. The summed E-state index contributed by atoms with van der Waals surface area (Å²) in [5.41, 5.74) is 2.99. The monoisotopic (exact) mass is 916 g/mol. The van der Waals surface area contributed by atoms with Crippen LogP contribution in [-0.4, -0.2) is 52.2 Å². The van der Waals surface area contributed by atoms with Crippen LogP contribution in [0.4, 0.5) is 13.2 Å². The average molecular weight is 916 g/mol. The minimum Gasteiger partial charge on any atom is -0.512 e. The van der Waals surface area contributed by atoms with Gasteiger partial charge in [-0.3, -0.25) is 4.57 Å². The smallest absolute Gasteiger partial charge is 0.409 e. The zero-order valence-corrected chi connectivity index (χ0v) is 45.8. The molecule has 0 spiro atoms. The molecule has 0 atom stereocenters. The Labute approximate surface area is 396 Å². The van der Waals surface area contributed by atoms with Crippen molar-refractivity contribution in [3.05, 3.63) is 69.9 Å². The SMILES string of the molecule is CC.CC.CC(=C/C(C)=C(\C)O)/C=C/C(F)(F)F.CC1CCN(C)CC1.CC=O.CCC.CCCC.CCCC.CCCC(CCC)n1c(=O)[nH]c2ccccc21.CCCCCCC. The third-order valence-electron chi connectivity index (χ3n) is 9.00. The van der Waals surface area contributed by atoms with E-state index in [-0.39, 0.29) is 17.5 Å². The van der Waals surface area contributed by atoms with Crippen molar-refractivity contribution in [3.8, 4) is 0 Å². The van der Waals surface area contributed by atoms with Gasteiger partial charge in [-0.15, -0.1) is 0 Å². The summed E-state index contributed by atoms with van der Waals surface area (Å²) < 4.78 is 37.1. The second-order valence-corrected chi connectivity index (χ2v) is 15.6. The largest absolute Gasteiger partial charge is 0.512 e. The van der Waals surface area contributed by atoms with E-state index in [4.69, 9.17) is 9.90 Å². The predicted octanol–water partition coefficient (Wildman–Crippen LogP) is 19.0. The fraction of sp³-hybridized carbons (Fsp3) is 0.745. The maximum atomic E-state index is 12.0. The topological polar surface area (TPSA) is 78.3 Å². The summed E-state index contributed by atoms with van der Waals surface area (Å²) >= 11 is 0. The number of unbranched alkanes of at least 4 members (excludes halogenated alkanes) is 6. The molecule has 2 heterocycles. The number of fused-ring (bicyclic) bond motifs is 1. The van der Waals surface area contributed by atoms with Gasteiger partial charge in [-0.25, -0.2) is 4.79 Å². The molecular weight excluding hydrogens is 808 g/mol. The Balaban J connectivity index is -0.000000124. The number of hydrogen-bond acceptors (Lipinski definition) is 4. The van der Waals surface area contributed by atoms with Crippen molar-refractivity contribution in [3.63, 3.8) is 0 Å². The van der Waals surface area contributed by atoms with Crippen molar-refractivity contribution >= 4 is 17.3 Å². The number of aliphatic hydroxyl groups is 1. The van der Waals surface area contributed by atoms with Crippen LogP contribution < -0.4 is 5.69 Å². The number of aliphatic hydroxyl groups excluding tert-OH is 1. The van der Waals surface area contributed by atoms with Crippen molar-refractivity contribution in [2.45, 2.75) is 247 Å². The Kier molecular flexibility index (Phi) is 68.1. The molecule has 0 aliphatic carbocycles. The molecule has 1 aliphatic heterocycles. The molecule has 3 rings (SSSR count). The Morgan fingerprint density at radius 2 is 1.17 bits per heavy atom. The van der Waals surface area contributed by atoms with Crippen LogP contribution in [0.2, 0.25) is 0 Å². The van der Waals surface area contributed by atoms with Crippen molar-refractivity contribution in [2.24, 2.45) is 5.92 Å². The third-order valence-corrected chi connectivity index (χ3v) is 9.00. The number of allylic oxidation sites excluding steroid dienone is 6. The number of benzene rings is 1. The number of para-hydroxylation sites is 2. The number of imidazole rings is 1. The van der Waals surface area contributed by atoms with E-state index in [1.54, 1.807) is 6.92 Å². The molecule has 0 saturated carbocycles. The van der Waals surface area contributed by atoms with E-state index in [1.165, 1.54) is 117 Å². The van der Waals surface area contributed by atoms with Gasteiger partial charge in [0, 0.05) is 12.1 Å². The zero-order chi connectivity index (χ0) is 51.4. The number of aromatic nitrogens is 2. The van der Waals surface area contributed by atoms with E-state index in [2.05, 4.69) is 93.1 Å².